The van der Waals surface area contributed by atoms with Gasteiger partial charge in [0.2, 0.25) is 0 Å². The molecule has 2 heterocycles. The SMILES string of the molecule is CCN(CC)CCCNC(=O)c1nn(CCN2CCOCC2)c2c(OC)cccc12. The van der Waals surface area contributed by atoms with Gasteiger partial charge in [0.05, 0.1) is 26.9 Å². The minimum atomic E-state index is -0.127. The summed E-state index contributed by atoms with van der Waals surface area (Å²) in [6, 6.07) is 5.77. The molecule has 1 amide bonds. The number of aromatic nitrogens is 2. The van der Waals surface area contributed by atoms with Crippen molar-refractivity contribution in [3.63, 3.8) is 0 Å². The molecular formula is C22H35N5O3. The fraction of sp³-hybridized carbons (Fsp3) is 0.636. The van der Waals surface area contributed by atoms with Crippen molar-refractivity contribution in [1.82, 2.24) is 24.9 Å². The van der Waals surface area contributed by atoms with Gasteiger partial charge in [0, 0.05) is 31.6 Å². The Bertz CT molecular complexity index is 812. The number of benzene rings is 1. The Morgan fingerprint density at radius 3 is 2.70 bits per heavy atom. The fourth-order valence-electron chi connectivity index (χ4n) is 3.89. The van der Waals surface area contributed by atoms with E-state index in [1.807, 2.05) is 22.9 Å². The quantitative estimate of drug-likeness (QED) is 0.563. The molecule has 30 heavy (non-hydrogen) atoms. The van der Waals surface area contributed by atoms with Crippen molar-refractivity contribution in [2.24, 2.45) is 0 Å². The monoisotopic (exact) mass is 417 g/mol. The van der Waals surface area contributed by atoms with Crippen molar-refractivity contribution in [3.8, 4) is 5.75 Å². The molecule has 1 aromatic carbocycles. The molecule has 3 rings (SSSR count). The molecule has 0 aliphatic carbocycles. The first-order valence-electron chi connectivity index (χ1n) is 11.0. The van der Waals surface area contributed by atoms with Gasteiger partial charge in [-0.3, -0.25) is 14.4 Å². The van der Waals surface area contributed by atoms with Crippen LogP contribution in [0, 0.1) is 0 Å². The maximum Gasteiger partial charge on any atom is 0.272 e. The number of methoxy groups -OCH3 is 1. The Hall–Kier alpha value is -2.16. The molecule has 1 saturated heterocycles. The molecule has 0 bridgehead atoms. The second-order valence-corrected chi connectivity index (χ2v) is 7.52. The number of ether oxygens (including phenoxy) is 2. The molecule has 1 aromatic heterocycles. The molecule has 2 aromatic rings. The van der Waals surface area contributed by atoms with Crippen LogP contribution in [0.1, 0.15) is 30.8 Å². The van der Waals surface area contributed by atoms with Crippen LogP contribution < -0.4 is 10.1 Å². The zero-order valence-electron chi connectivity index (χ0n) is 18.5. The van der Waals surface area contributed by atoms with Gasteiger partial charge in [-0.1, -0.05) is 26.0 Å². The van der Waals surface area contributed by atoms with E-state index in [1.54, 1.807) is 7.11 Å². The van der Waals surface area contributed by atoms with Gasteiger partial charge in [0.1, 0.15) is 11.3 Å². The molecule has 8 nitrogen and oxygen atoms in total. The highest BCUT2D eigenvalue weighted by Gasteiger charge is 2.20. The summed E-state index contributed by atoms with van der Waals surface area (Å²) in [6.45, 7) is 13.0. The topological polar surface area (TPSA) is 71.9 Å². The summed E-state index contributed by atoms with van der Waals surface area (Å²) in [6.07, 6.45) is 0.923. The summed E-state index contributed by atoms with van der Waals surface area (Å²) in [7, 11) is 1.65. The second kappa shape index (κ2) is 11.3. The van der Waals surface area contributed by atoms with E-state index in [4.69, 9.17) is 9.47 Å². The van der Waals surface area contributed by atoms with Gasteiger partial charge in [0.25, 0.3) is 5.91 Å². The Morgan fingerprint density at radius 1 is 1.23 bits per heavy atom. The number of nitrogens with one attached hydrogen (secondary N) is 1. The molecule has 0 unspecified atom stereocenters. The highest BCUT2D eigenvalue weighted by molar-refractivity contribution is 6.06. The summed E-state index contributed by atoms with van der Waals surface area (Å²) in [5, 5.41) is 8.56. The molecule has 0 atom stereocenters. The molecule has 8 heteroatoms. The van der Waals surface area contributed by atoms with Gasteiger partial charge in [-0.15, -0.1) is 0 Å². The molecule has 1 N–H and O–H groups in total. The van der Waals surface area contributed by atoms with Crippen molar-refractivity contribution in [2.45, 2.75) is 26.8 Å². The fourth-order valence-corrected chi connectivity index (χ4v) is 3.89. The van der Waals surface area contributed by atoms with Crippen LogP contribution in [0.4, 0.5) is 0 Å². The maximum absolute atomic E-state index is 12.9. The summed E-state index contributed by atoms with van der Waals surface area (Å²) < 4.78 is 12.9. The predicted molar refractivity (Wildman–Crippen MR) is 118 cm³/mol. The van der Waals surface area contributed by atoms with Crippen LogP contribution in [-0.4, -0.2) is 91.6 Å². The Morgan fingerprint density at radius 2 is 2.00 bits per heavy atom. The predicted octanol–water partition coefficient (Wildman–Crippen LogP) is 1.84. The maximum atomic E-state index is 12.9. The van der Waals surface area contributed by atoms with Gasteiger partial charge in [-0.25, -0.2) is 0 Å². The highest BCUT2D eigenvalue weighted by Crippen LogP contribution is 2.28. The molecule has 1 aliphatic heterocycles. The number of fused-ring (bicyclic) bond motifs is 1. The number of nitrogens with zero attached hydrogens (tertiary/aromatic N) is 4. The number of carbonyl (C=O) groups is 1. The third-order valence-electron chi connectivity index (χ3n) is 5.73. The van der Waals surface area contributed by atoms with Crippen LogP contribution >= 0.6 is 0 Å². The Balaban J connectivity index is 1.71. The van der Waals surface area contributed by atoms with E-state index in [2.05, 4.69) is 34.1 Å². The van der Waals surface area contributed by atoms with Crippen LogP contribution in [0.25, 0.3) is 10.9 Å². The van der Waals surface area contributed by atoms with Crippen LogP contribution in [-0.2, 0) is 11.3 Å². The van der Waals surface area contributed by atoms with E-state index in [1.165, 1.54) is 0 Å². The van der Waals surface area contributed by atoms with Crippen LogP contribution in [0.2, 0.25) is 0 Å². The molecule has 0 spiro atoms. The second-order valence-electron chi connectivity index (χ2n) is 7.52. The van der Waals surface area contributed by atoms with Gasteiger partial charge < -0.3 is 19.7 Å². The van der Waals surface area contributed by atoms with Crippen LogP contribution in [0.3, 0.4) is 0 Å². The number of hydrogen-bond donors (Lipinski definition) is 1. The first-order valence-corrected chi connectivity index (χ1v) is 11.0. The van der Waals surface area contributed by atoms with E-state index in [0.29, 0.717) is 18.8 Å². The van der Waals surface area contributed by atoms with E-state index >= 15 is 0 Å². The number of rotatable bonds is 11. The Kier molecular flexibility index (Phi) is 8.48. The number of morpholine rings is 1. The molecular weight excluding hydrogens is 382 g/mol. The summed E-state index contributed by atoms with van der Waals surface area (Å²) in [4.78, 5) is 17.6. The van der Waals surface area contributed by atoms with Crippen molar-refractivity contribution >= 4 is 16.8 Å². The molecule has 1 aliphatic rings. The van der Waals surface area contributed by atoms with Crippen molar-refractivity contribution < 1.29 is 14.3 Å². The zero-order valence-corrected chi connectivity index (χ0v) is 18.5. The lowest BCUT2D eigenvalue weighted by molar-refractivity contribution is 0.0361. The zero-order chi connectivity index (χ0) is 21.3. The molecule has 0 saturated carbocycles. The standard InChI is InChI=1S/C22H35N5O3/c1-4-25(5-2)11-7-10-23-22(28)20-18-8-6-9-19(29-3)21(18)27(24-20)13-12-26-14-16-30-17-15-26/h6,8-9H,4-5,7,10-17H2,1-3H3,(H,23,28). The third-order valence-corrected chi connectivity index (χ3v) is 5.73. The number of carbonyl (C=O) groups excluding carboxylic acids is 1. The number of para-hydroxylation sites is 1. The Labute approximate surface area is 179 Å². The smallest absolute Gasteiger partial charge is 0.272 e. The molecule has 0 radical (unpaired) electrons. The largest absolute Gasteiger partial charge is 0.494 e. The van der Waals surface area contributed by atoms with E-state index in [-0.39, 0.29) is 5.91 Å². The highest BCUT2D eigenvalue weighted by atomic mass is 16.5. The molecule has 1 fully saturated rings. The van der Waals surface area contributed by atoms with Crippen LogP contribution in [0.5, 0.6) is 5.75 Å². The van der Waals surface area contributed by atoms with E-state index < -0.39 is 0 Å². The van der Waals surface area contributed by atoms with Gasteiger partial charge in [-0.05, 0) is 32.1 Å². The normalized spacial score (nSPS) is 15.1. The summed E-state index contributed by atoms with van der Waals surface area (Å²) in [5.41, 5.74) is 1.34. The van der Waals surface area contributed by atoms with Gasteiger partial charge in [0.15, 0.2) is 5.69 Å². The van der Waals surface area contributed by atoms with Crippen LogP contribution in [0.15, 0.2) is 18.2 Å². The van der Waals surface area contributed by atoms with Crippen molar-refractivity contribution in [3.05, 3.63) is 23.9 Å². The number of hydrogen-bond acceptors (Lipinski definition) is 6. The lowest BCUT2D eigenvalue weighted by atomic mass is 10.2. The van der Waals surface area contributed by atoms with Gasteiger partial charge >= 0.3 is 0 Å². The number of amides is 1. The minimum absolute atomic E-state index is 0.127. The van der Waals surface area contributed by atoms with Gasteiger partial charge in [-0.2, -0.15) is 5.10 Å². The lowest BCUT2D eigenvalue weighted by Gasteiger charge is -2.26. The average Bonchev–Trinajstić information content (AvgIpc) is 3.17. The average molecular weight is 418 g/mol. The van der Waals surface area contributed by atoms with E-state index in [0.717, 1.165) is 75.6 Å². The van der Waals surface area contributed by atoms with Crippen molar-refractivity contribution in [1.29, 1.82) is 0 Å². The van der Waals surface area contributed by atoms with Crippen molar-refractivity contribution in [2.75, 3.05) is 66.1 Å². The third kappa shape index (κ3) is 5.50. The minimum Gasteiger partial charge on any atom is -0.494 e. The lowest BCUT2D eigenvalue weighted by Crippen LogP contribution is -2.38. The van der Waals surface area contributed by atoms with E-state index in [9.17, 15) is 4.79 Å². The molecule has 166 valence electrons. The summed E-state index contributed by atoms with van der Waals surface area (Å²) >= 11 is 0. The summed E-state index contributed by atoms with van der Waals surface area (Å²) in [5.74, 6) is 0.612. The first-order chi connectivity index (χ1) is 14.7. The first kappa shape index (κ1) is 22.5.